The molecule has 112 valence electrons. The Labute approximate surface area is 125 Å². The third-order valence-corrected chi connectivity index (χ3v) is 3.12. The van der Waals surface area contributed by atoms with Crippen molar-refractivity contribution in [2.45, 2.75) is 19.3 Å². The number of hydrogen-bond acceptors (Lipinski definition) is 5. The molecule has 0 aliphatic rings. The van der Waals surface area contributed by atoms with Crippen LogP contribution in [0.5, 0.6) is 0 Å². The quantitative estimate of drug-likeness (QED) is 0.624. The van der Waals surface area contributed by atoms with E-state index in [2.05, 4.69) is 5.10 Å². The topological polar surface area (TPSA) is 90.4 Å². The van der Waals surface area contributed by atoms with Crippen LogP contribution in [0, 0.1) is 10.1 Å². The number of halogens is 1. The molecular formula is C13H14ClN3O4. The number of rotatable bonds is 7. The SMILES string of the molecule is O=[N+]([O-])c1cnn(CC(O)COCc2ccccc2Cl)c1. The van der Waals surface area contributed by atoms with Gasteiger partial charge in [-0.3, -0.25) is 14.8 Å². The molecule has 0 bridgehead atoms. The van der Waals surface area contributed by atoms with E-state index in [1.54, 1.807) is 6.07 Å². The fourth-order valence-electron chi connectivity index (χ4n) is 1.74. The molecule has 0 fully saturated rings. The molecule has 8 heteroatoms. The van der Waals surface area contributed by atoms with Crippen LogP contribution in [0.15, 0.2) is 36.7 Å². The molecule has 21 heavy (non-hydrogen) atoms. The van der Waals surface area contributed by atoms with E-state index in [0.29, 0.717) is 5.02 Å². The second kappa shape index (κ2) is 7.16. The second-order valence-electron chi connectivity index (χ2n) is 4.44. The van der Waals surface area contributed by atoms with Crippen LogP contribution in [0.2, 0.25) is 5.02 Å². The van der Waals surface area contributed by atoms with Gasteiger partial charge in [0.25, 0.3) is 0 Å². The van der Waals surface area contributed by atoms with Crippen LogP contribution in [0.1, 0.15) is 5.56 Å². The summed E-state index contributed by atoms with van der Waals surface area (Å²) in [6.45, 7) is 0.491. The molecule has 2 aromatic rings. The number of aliphatic hydroxyl groups is 1. The molecule has 0 radical (unpaired) electrons. The van der Waals surface area contributed by atoms with Crippen LogP contribution < -0.4 is 0 Å². The largest absolute Gasteiger partial charge is 0.389 e. The van der Waals surface area contributed by atoms with Gasteiger partial charge in [-0.2, -0.15) is 5.10 Å². The Morgan fingerprint density at radius 1 is 1.48 bits per heavy atom. The van der Waals surface area contributed by atoms with E-state index in [-0.39, 0.29) is 25.4 Å². The summed E-state index contributed by atoms with van der Waals surface area (Å²) in [5.41, 5.74) is 0.722. The minimum Gasteiger partial charge on any atom is -0.389 e. The van der Waals surface area contributed by atoms with Gasteiger partial charge in [-0.15, -0.1) is 0 Å². The molecule has 0 saturated carbocycles. The zero-order valence-electron chi connectivity index (χ0n) is 11.1. The Bertz CT molecular complexity index is 617. The fraction of sp³-hybridized carbons (Fsp3) is 0.308. The van der Waals surface area contributed by atoms with Crippen molar-refractivity contribution < 1.29 is 14.8 Å². The van der Waals surface area contributed by atoms with Crippen LogP contribution in [-0.4, -0.2) is 32.5 Å². The highest BCUT2D eigenvalue weighted by Crippen LogP contribution is 2.15. The number of aromatic nitrogens is 2. The molecular weight excluding hydrogens is 298 g/mol. The summed E-state index contributed by atoms with van der Waals surface area (Å²) in [6, 6.07) is 7.28. The van der Waals surface area contributed by atoms with E-state index in [0.717, 1.165) is 11.8 Å². The highest BCUT2D eigenvalue weighted by atomic mass is 35.5. The van der Waals surface area contributed by atoms with Crippen LogP contribution in [-0.2, 0) is 17.9 Å². The number of nitrogens with zero attached hydrogens (tertiary/aromatic N) is 3. The maximum atomic E-state index is 10.5. The average Bonchev–Trinajstić information content (AvgIpc) is 2.89. The summed E-state index contributed by atoms with van der Waals surface area (Å²) >= 11 is 5.98. The second-order valence-corrected chi connectivity index (χ2v) is 4.85. The molecule has 1 unspecified atom stereocenters. The maximum Gasteiger partial charge on any atom is 0.306 e. The summed E-state index contributed by atoms with van der Waals surface area (Å²) < 4.78 is 6.69. The summed E-state index contributed by atoms with van der Waals surface area (Å²) in [5.74, 6) is 0. The standard InChI is InChI=1S/C13H14ClN3O4/c14-13-4-2-1-3-10(13)8-21-9-12(18)7-16-6-11(5-15-16)17(19)20/h1-6,12,18H,7-9H2. The van der Waals surface area contributed by atoms with Crippen molar-refractivity contribution >= 4 is 17.3 Å². The van der Waals surface area contributed by atoms with Crippen molar-refractivity contribution in [3.63, 3.8) is 0 Å². The summed E-state index contributed by atoms with van der Waals surface area (Å²) in [7, 11) is 0. The van der Waals surface area contributed by atoms with Crippen molar-refractivity contribution in [3.8, 4) is 0 Å². The molecule has 1 heterocycles. The Morgan fingerprint density at radius 3 is 2.90 bits per heavy atom. The smallest absolute Gasteiger partial charge is 0.306 e. The Hall–Kier alpha value is -1.96. The van der Waals surface area contributed by atoms with E-state index in [9.17, 15) is 15.2 Å². The molecule has 0 aliphatic heterocycles. The number of ether oxygens (including phenoxy) is 1. The lowest BCUT2D eigenvalue weighted by molar-refractivity contribution is -0.385. The maximum absolute atomic E-state index is 10.5. The third-order valence-electron chi connectivity index (χ3n) is 2.75. The Kier molecular flexibility index (Phi) is 5.26. The first kappa shape index (κ1) is 15.4. The van der Waals surface area contributed by atoms with Gasteiger partial charge in [0.1, 0.15) is 12.4 Å². The fourth-order valence-corrected chi connectivity index (χ4v) is 1.93. The van der Waals surface area contributed by atoms with Gasteiger partial charge in [0.05, 0.1) is 30.8 Å². The van der Waals surface area contributed by atoms with Gasteiger partial charge < -0.3 is 9.84 Å². The van der Waals surface area contributed by atoms with Gasteiger partial charge in [0.15, 0.2) is 0 Å². The van der Waals surface area contributed by atoms with Gasteiger partial charge in [-0.1, -0.05) is 29.8 Å². The monoisotopic (exact) mass is 311 g/mol. The summed E-state index contributed by atoms with van der Waals surface area (Å²) in [4.78, 5) is 9.98. The van der Waals surface area contributed by atoms with Crippen molar-refractivity contribution in [2.24, 2.45) is 0 Å². The molecule has 2 rings (SSSR count). The van der Waals surface area contributed by atoms with Crippen LogP contribution in [0.3, 0.4) is 0 Å². The molecule has 7 nitrogen and oxygen atoms in total. The molecule has 1 aromatic heterocycles. The van der Waals surface area contributed by atoms with Gasteiger partial charge in [0, 0.05) is 5.02 Å². The van der Waals surface area contributed by atoms with Crippen molar-refractivity contribution in [1.82, 2.24) is 9.78 Å². The molecule has 0 spiro atoms. The third kappa shape index (κ3) is 4.52. The summed E-state index contributed by atoms with van der Waals surface area (Å²) in [5, 5.41) is 24.7. The average molecular weight is 312 g/mol. The predicted molar refractivity (Wildman–Crippen MR) is 76.0 cm³/mol. The Balaban J connectivity index is 1.78. The number of hydrogen-bond donors (Lipinski definition) is 1. The van der Waals surface area contributed by atoms with Gasteiger partial charge >= 0.3 is 5.69 Å². The number of nitro groups is 1. The van der Waals surface area contributed by atoms with E-state index >= 15 is 0 Å². The molecule has 1 N–H and O–H groups in total. The predicted octanol–water partition coefficient (Wildman–Crippen LogP) is 2.02. The van der Waals surface area contributed by atoms with Crippen LogP contribution >= 0.6 is 11.6 Å². The molecule has 0 aliphatic carbocycles. The highest BCUT2D eigenvalue weighted by molar-refractivity contribution is 6.31. The lowest BCUT2D eigenvalue weighted by Crippen LogP contribution is -2.22. The molecule has 1 atom stereocenters. The van der Waals surface area contributed by atoms with Crippen molar-refractivity contribution in [2.75, 3.05) is 6.61 Å². The normalized spacial score (nSPS) is 12.3. The van der Waals surface area contributed by atoms with Gasteiger partial charge in [-0.05, 0) is 11.6 Å². The minimum atomic E-state index is -0.813. The first-order chi connectivity index (χ1) is 10.1. The van der Waals surface area contributed by atoms with E-state index < -0.39 is 11.0 Å². The highest BCUT2D eigenvalue weighted by Gasteiger charge is 2.12. The van der Waals surface area contributed by atoms with Crippen LogP contribution in [0.4, 0.5) is 5.69 Å². The lowest BCUT2D eigenvalue weighted by Gasteiger charge is -2.11. The van der Waals surface area contributed by atoms with Gasteiger partial charge in [-0.25, -0.2) is 0 Å². The zero-order valence-corrected chi connectivity index (χ0v) is 11.8. The van der Waals surface area contributed by atoms with Gasteiger partial charge in [0.2, 0.25) is 0 Å². The lowest BCUT2D eigenvalue weighted by atomic mass is 10.2. The summed E-state index contributed by atoms with van der Waals surface area (Å²) in [6.07, 6.45) is 1.58. The van der Waals surface area contributed by atoms with Crippen molar-refractivity contribution in [1.29, 1.82) is 0 Å². The molecule has 0 amide bonds. The van der Waals surface area contributed by atoms with E-state index in [1.165, 1.54) is 10.9 Å². The first-order valence-electron chi connectivity index (χ1n) is 6.22. The zero-order chi connectivity index (χ0) is 15.2. The van der Waals surface area contributed by atoms with Crippen molar-refractivity contribution in [3.05, 3.63) is 57.4 Å². The van der Waals surface area contributed by atoms with E-state index in [4.69, 9.17) is 16.3 Å². The molecule has 0 saturated heterocycles. The number of benzene rings is 1. The first-order valence-corrected chi connectivity index (χ1v) is 6.60. The molecule has 1 aromatic carbocycles. The van der Waals surface area contributed by atoms with E-state index in [1.807, 2.05) is 18.2 Å². The Morgan fingerprint density at radius 2 is 2.24 bits per heavy atom. The van der Waals surface area contributed by atoms with Crippen LogP contribution in [0.25, 0.3) is 0 Å². The minimum absolute atomic E-state index is 0.0822. The number of aliphatic hydroxyl groups excluding tert-OH is 1.